The Labute approximate surface area is 95.3 Å². The molecule has 0 fully saturated rings. The molecule has 16 heavy (non-hydrogen) atoms. The Morgan fingerprint density at radius 3 is 2.00 bits per heavy atom. The fourth-order valence-electron chi connectivity index (χ4n) is 1.06. The van der Waals surface area contributed by atoms with E-state index in [0.717, 1.165) is 0 Å². The lowest BCUT2D eigenvalue weighted by Gasteiger charge is -1.94. The molecule has 0 spiro atoms. The second-order valence-electron chi connectivity index (χ2n) is 3.25. The van der Waals surface area contributed by atoms with E-state index in [1.54, 1.807) is 5.30 Å². The van der Waals surface area contributed by atoms with Crippen LogP contribution in [0.25, 0.3) is 0 Å². The summed E-state index contributed by atoms with van der Waals surface area (Å²) in [6.45, 7) is 2.25. The van der Waals surface area contributed by atoms with Crippen LogP contribution in [-0.4, -0.2) is 13.4 Å². The van der Waals surface area contributed by atoms with Crippen molar-refractivity contribution in [3.63, 3.8) is 0 Å². The predicted molar refractivity (Wildman–Crippen MR) is 65.7 cm³/mol. The van der Waals surface area contributed by atoms with E-state index in [1.165, 1.54) is 19.0 Å². The summed E-state index contributed by atoms with van der Waals surface area (Å²) in [6.07, 6.45) is 4.14. The van der Waals surface area contributed by atoms with Crippen molar-refractivity contribution in [1.29, 1.82) is 0 Å². The van der Waals surface area contributed by atoms with E-state index in [9.17, 15) is 17.3 Å². The van der Waals surface area contributed by atoms with Gasteiger partial charge in [0, 0.05) is 8.58 Å². The molecular formula is C10H16BF4P. The van der Waals surface area contributed by atoms with Crippen molar-refractivity contribution in [3.8, 4) is 0 Å². The van der Waals surface area contributed by atoms with Crippen molar-refractivity contribution in [2.24, 2.45) is 0 Å². The third-order valence-electron chi connectivity index (χ3n) is 1.74. The molecule has 6 heteroatoms. The minimum atomic E-state index is -6.00. The summed E-state index contributed by atoms with van der Waals surface area (Å²) >= 11 is 0. The van der Waals surface area contributed by atoms with E-state index >= 15 is 0 Å². The fourth-order valence-corrected chi connectivity index (χ4v) is 2.50. The average Bonchev–Trinajstić information content (AvgIpc) is 2.17. The molecule has 0 amide bonds. The molecule has 0 saturated carbocycles. The molecule has 0 radical (unpaired) electrons. The van der Waals surface area contributed by atoms with Crippen molar-refractivity contribution >= 4 is 21.1 Å². The minimum absolute atomic E-state index is 0.544. The number of halogens is 4. The van der Waals surface area contributed by atoms with Crippen molar-refractivity contribution < 1.29 is 17.3 Å². The van der Waals surface area contributed by atoms with Crippen LogP contribution in [0.15, 0.2) is 30.3 Å². The Balaban J connectivity index is 0.000000385. The van der Waals surface area contributed by atoms with E-state index in [2.05, 4.69) is 37.3 Å². The number of hydrogen-bond donors (Lipinski definition) is 0. The molecule has 0 heterocycles. The number of benzene rings is 1. The van der Waals surface area contributed by atoms with Crippen LogP contribution in [0.3, 0.4) is 0 Å². The zero-order valence-electron chi connectivity index (χ0n) is 9.17. The Hall–Kier alpha value is -0.565. The van der Waals surface area contributed by atoms with Gasteiger partial charge < -0.3 is 17.3 Å². The highest BCUT2D eigenvalue weighted by molar-refractivity contribution is 7.47. The summed E-state index contributed by atoms with van der Waals surface area (Å²) in [6, 6.07) is 10.8. The summed E-state index contributed by atoms with van der Waals surface area (Å²) in [7, 11) is -5.46. The summed E-state index contributed by atoms with van der Waals surface area (Å²) < 4.78 is 39.0. The van der Waals surface area contributed by atoms with Crippen LogP contribution in [0.5, 0.6) is 0 Å². The van der Waals surface area contributed by atoms with Gasteiger partial charge in [-0.1, -0.05) is 31.5 Å². The minimum Gasteiger partial charge on any atom is -0.418 e. The molecule has 1 aromatic rings. The maximum atomic E-state index is 9.75. The molecule has 1 atom stereocenters. The summed E-state index contributed by atoms with van der Waals surface area (Å²) in [5.41, 5.74) is 0. The van der Waals surface area contributed by atoms with Crippen molar-refractivity contribution in [2.75, 3.05) is 6.16 Å². The number of unbranched alkanes of at least 4 members (excludes halogenated alkanes) is 1. The molecule has 0 aliphatic rings. The molecule has 1 aromatic carbocycles. The Morgan fingerprint density at radius 2 is 1.56 bits per heavy atom. The monoisotopic (exact) mass is 254 g/mol. The summed E-state index contributed by atoms with van der Waals surface area (Å²) in [5, 5.41) is 1.56. The molecule has 92 valence electrons. The van der Waals surface area contributed by atoms with Gasteiger partial charge in [0.25, 0.3) is 0 Å². The van der Waals surface area contributed by atoms with Gasteiger partial charge in [-0.2, -0.15) is 0 Å². The Kier molecular flexibility index (Phi) is 8.27. The van der Waals surface area contributed by atoms with Gasteiger partial charge in [0.15, 0.2) is 0 Å². The van der Waals surface area contributed by atoms with E-state index in [4.69, 9.17) is 0 Å². The van der Waals surface area contributed by atoms with Crippen LogP contribution in [0.1, 0.15) is 19.8 Å². The zero-order valence-corrected chi connectivity index (χ0v) is 10.3. The molecule has 1 unspecified atom stereocenters. The van der Waals surface area contributed by atoms with Gasteiger partial charge in [-0.15, -0.1) is 0 Å². The van der Waals surface area contributed by atoms with E-state index in [0.29, 0.717) is 8.58 Å². The second-order valence-corrected chi connectivity index (χ2v) is 4.90. The van der Waals surface area contributed by atoms with Crippen LogP contribution in [0, 0.1) is 0 Å². The van der Waals surface area contributed by atoms with Gasteiger partial charge in [-0.25, -0.2) is 0 Å². The van der Waals surface area contributed by atoms with Crippen LogP contribution in [0.4, 0.5) is 17.3 Å². The maximum absolute atomic E-state index is 9.75. The van der Waals surface area contributed by atoms with Gasteiger partial charge in [0.1, 0.15) is 0 Å². The molecule has 0 nitrogen and oxygen atoms in total. The highest BCUT2D eigenvalue weighted by atomic mass is 31.1. The third-order valence-corrected chi connectivity index (χ3v) is 3.29. The lowest BCUT2D eigenvalue weighted by atomic mass is 10.3. The predicted octanol–water partition coefficient (Wildman–Crippen LogP) is 3.82. The average molecular weight is 254 g/mol. The second kappa shape index (κ2) is 8.57. The number of hydrogen-bond acceptors (Lipinski definition) is 0. The smallest absolute Gasteiger partial charge is 0.418 e. The standard InChI is InChI=1S/C10H15P.BF4/c1-2-3-9-11-10-7-5-4-6-8-10;2-1(3,4)5/h4-8,11H,2-3,9H2,1H3;/q;-1/p+1. The van der Waals surface area contributed by atoms with Crippen LogP contribution >= 0.6 is 8.58 Å². The summed E-state index contributed by atoms with van der Waals surface area (Å²) in [5.74, 6) is 0. The molecule has 0 aromatic heterocycles. The Morgan fingerprint density at radius 1 is 1.06 bits per heavy atom. The van der Waals surface area contributed by atoms with E-state index in [-0.39, 0.29) is 0 Å². The van der Waals surface area contributed by atoms with Crippen molar-refractivity contribution in [2.45, 2.75) is 19.8 Å². The zero-order chi connectivity index (χ0) is 12.4. The van der Waals surface area contributed by atoms with Crippen LogP contribution in [0.2, 0.25) is 0 Å². The van der Waals surface area contributed by atoms with Crippen molar-refractivity contribution in [1.82, 2.24) is 0 Å². The third kappa shape index (κ3) is 13.4. The van der Waals surface area contributed by atoms with Gasteiger partial charge in [-0.3, -0.25) is 0 Å². The fraction of sp³-hybridized carbons (Fsp3) is 0.400. The van der Waals surface area contributed by atoms with Gasteiger partial charge in [0.2, 0.25) is 0 Å². The van der Waals surface area contributed by atoms with Crippen LogP contribution < -0.4 is 5.30 Å². The molecule has 0 aliphatic heterocycles. The van der Waals surface area contributed by atoms with Crippen LogP contribution in [-0.2, 0) is 0 Å². The van der Waals surface area contributed by atoms with Crippen molar-refractivity contribution in [3.05, 3.63) is 30.3 Å². The molecule has 0 saturated heterocycles. The molecule has 0 bridgehead atoms. The topological polar surface area (TPSA) is 0 Å². The highest BCUT2D eigenvalue weighted by Crippen LogP contribution is 2.11. The van der Waals surface area contributed by atoms with Gasteiger partial charge in [0.05, 0.1) is 11.5 Å². The maximum Gasteiger partial charge on any atom is 0.673 e. The first-order valence-electron chi connectivity index (χ1n) is 5.19. The van der Waals surface area contributed by atoms with E-state index < -0.39 is 7.25 Å². The first kappa shape index (κ1) is 15.4. The molecule has 0 N–H and O–H groups in total. The first-order valence-corrected chi connectivity index (χ1v) is 6.58. The molecular weight excluding hydrogens is 238 g/mol. The highest BCUT2D eigenvalue weighted by Gasteiger charge is 2.20. The lowest BCUT2D eigenvalue weighted by molar-refractivity contribution is 0.368. The van der Waals surface area contributed by atoms with Gasteiger partial charge in [-0.05, 0) is 18.6 Å². The largest absolute Gasteiger partial charge is 0.673 e. The SMILES string of the molecule is CCCC[PH2+]c1ccccc1.F[B-](F)(F)F. The molecule has 0 aliphatic carbocycles. The summed E-state index contributed by atoms with van der Waals surface area (Å²) in [4.78, 5) is 0. The number of rotatable bonds is 4. The Bertz CT molecular complexity index is 257. The normalized spacial score (nSPS) is 11.3. The quantitative estimate of drug-likeness (QED) is 0.331. The first-order chi connectivity index (χ1) is 7.43. The molecule has 1 rings (SSSR count). The lowest BCUT2D eigenvalue weighted by Crippen LogP contribution is -2.02. The van der Waals surface area contributed by atoms with E-state index in [1.807, 2.05) is 0 Å². The van der Waals surface area contributed by atoms with Gasteiger partial charge >= 0.3 is 7.25 Å².